The Bertz CT molecular complexity index is 1440. The van der Waals surface area contributed by atoms with Gasteiger partial charge < -0.3 is 26.2 Å². The fraction of sp³-hybridized carbons (Fsp3) is 0.581. The van der Waals surface area contributed by atoms with Gasteiger partial charge >= 0.3 is 0 Å². The molecule has 1 aromatic carbocycles. The standard InChI is InChI=1S/C31H40ClN3O7/c1-30(2,3)13-35(11-14-6-7-14)12-16-10-19(36)21-17(23(16)32)8-15-9-18-24(34(4)5)26(38)22(29(33)41)28(40)31(18,42)27(39)20(15)25(21)37/h10,14-15,18,24,36,38-39,42H,6-9,11-13H2,1-5H3,(H2,33,41)/t15-,18-,24-,31-/m0/s1. The number of phenolic OH excluding ortho intramolecular Hbond substituents is 1. The highest BCUT2D eigenvalue weighted by Gasteiger charge is 2.63. The molecule has 0 radical (unpaired) electrons. The second-order valence-electron chi connectivity index (χ2n) is 13.9. The average Bonchev–Trinajstić information content (AvgIpc) is 3.67. The van der Waals surface area contributed by atoms with Gasteiger partial charge in [0.1, 0.15) is 22.8 Å². The van der Waals surface area contributed by atoms with Crippen LogP contribution in [0.5, 0.6) is 5.75 Å². The number of halogens is 1. The van der Waals surface area contributed by atoms with Crippen molar-refractivity contribution in [3.63, 3.8) is 0 Å². The zero-order valence-corrected chi connectivity index (χ0v) is 25.5. The molecule has 4 aliphatic carbocycles. The van der Waals surface area contributed by atoms with Crippen LogP contribution in [0.15, 0.2) is 28.7 Å². The monoisotopic (exact) mass is 601 g/mol. The number of fused-ring (bicyclic) bond motifs is 3. The summed E-state index contributed by atoms with van der Waals surface area (Å²) in [5.41, 5.74) is 2.80. The normalized spacial score (nSPS) is 27.9. The summed E-state index contributed by atoms with van der Waals surface area (Å²) >= 11 is 6.96. The number of ketones is 2. The van der Waals surface area contributed by atoms with E-state index in [-0.39, 0.29) is 35.1 Å². The van der Waals surface area contributed by atoms with Crippen LogP contribution >= 0.6 is 11.6 Å². The molecule has 1 aromatic rings. The zero-order chi connectivity index (χ0) is 31.0. The number of rotatable bonds is 7. The number of aromatic hydroxyl groups is 1. The van der Waals surface area contributed by atoms with Crippen LogP contribution < -0.4 is 5.73 Å². The highest BCUT2D eigenvalue weighted by Crippen LogP contribution is 2.53. The third-order valence-corrected chi connectivity index (χ3v) is 9.51. The van der Waals surface area contributed by atoms with Gasteiger partial charge in [0.05, 0.1) is 11.6 Å². The van der Waals surface area contributed by atoms with Crippen molar-refractivity contribution in [2.45, 2.75) is 64.6 Å². The number of hydrogen-bond acceptors (Lipinski definition) is 9. The smallest absolute Gasteiger partial charge is 0.255 e. The van der Waals surface area contributed by atoms with E-state index in [2.05, 4.69) is 25.7 Å². The SMILES string of the molecule is CN(C)[C@@H]1C(O)=C(C(N)=O)C(=O)[C@@]2(O)C(O)=C3C(=O)c4c(O)cc(CN(CC5CC5)CC(C)(C)C)c(Cl)c4C[C@H]3C[C@@H]12. The van der Waals surface area contributed by atoms with Gasteiger partial charge in [0.2, 0.25) is 5.78 Å². The summed E-state index contributed by atoms with van der Waals surface area (Å²) in [6.07, 6.45) is 2.56. The first-order valence-electron chi connectivity index (χ1n) is 14.4. The molecule has 10 nitrogen and oxygen atoms in total. The second kappa shape index (κ2) is 10.4. The van der Waals surface area contributed by atoms with Gasteiger partial charge in [0.15, 0.2) is 11.4 Å². The molecule has 4 aliphatic rings. The number of Topliss-reactive ketones (excluding diaryl/α,β-unsaturated/α-hetero) is 2. The van der Waals surface area contributed by atoms with Crippen LogP contribution in [0.1, 0.15) is 61.5 Å². The fourth-order valence-corrected chi connectivity index (χ4v) is 7.52. The molecule has 1 saturated carbocycles. The van der Waals surface area contributed by atoms with Gasteiger partial charge in [-0.3, -0.25) is 24.2 Å². The number of likely N-dealkylation sites (N-methyl/N-ethyl adjacent to an activating group) is 1. The van der Waals surface area contributed by atoms with Crippen molar-refractivity contribution >= 4 is 29.1 Å². The molecule has 0 saturated heterocycles. The molecule has 0 aliphatic heterocycles. The lowest BCUT2D eigenvalue weighted by Crippen LogP contribution is -2.63. The number of benzene rings is 1. The van der Waals surface area contributed by atoms with Crippen molar-refractivity contribution in [2.75, 3.05) is 27.2 Å². The number of carbonyl (C=O) groups is 3. The Morgan fingerprint density at radius 3 is 2.36 bits per heavy atom. The Kier molecular flexibility index (Phi) is 7.53. The number of allylic oxidation sites excluding steroid dienone is 1. The highest BCUT2D eigenvalue weighted by atomic mass is 35.5. The summed E-state index contributed by atoms with van der Waals surface area (Å²) in [7, 11) is 3.19. The van der Waals surface area contributed by atoms with E-state index in [1.54, 1.807) is 14.1 Å². The molecule has 42 heavy (non-hydrogen) atoms. The second-order valence-corrected chi connectivity index (χ2v) is 14.2. The number of hydrogen-bond donors (Lipinski definition) is 5. The topological polar surface area (TPSA) is 165 Å². The van der Waals surface area contributed by atoms with Crippen LogP contribution in [-0.2, 0) is 22.6 Å². The first-order chi connectivity index (χ1) is 19.5. The van der Waals surface area contributed by atoms with Crippen molar-refractivity contribution in [1.82, 2.24) is 9.80 Å². The highest BCUT2D eigenvalue weighted by molar-refractivity contribution is 6.33. The van der Waals surface area contributed by atoms with E-state index in [1.807, 2.05) is 0 Å². The Morgan fingerprint density at radius 2 is 1.81 bits per heavy atom. The third-order valence-electron chi connectivity index (χ3n) is 9.04. The molecule has 4 atom stereocenters. The Morgan fingerprint density at radius 1 is 1.17 bits per heavy atom. The molecular weight excluding hydrogens is 562 g/mol. The number of phenols is 1. The van der Waals surface area contributed by atoms with E-state index in [4.69, 9.17) is 17.3 Å². The number of aliphatic hydroxyl groups excluding tert-OH is 2. The summed E-state index contributed by atoms with van der Waals surface area (Å²) in [5.74, 6) is -6.14. The summed E-state index contributed by atoms with van der Waals surface area (Å²) in [4.78, 5) is 43.3. The molecule has 6 N–H and O–H groups in total. The number of nitrogens with zero attached hydrogens (tertiary/aromatic N) is 2. The molecule has 11 heteroatoms. The lowest BCUT2D eigenvalue weighted by Gasteiger charge is -2.50. The molecule has 0 bridgehead atoms. The minimum Gasteiger partial charge on any atom is -0.510 e. The van der Waals surface area contributed by atoms with E-state index in [0.717, 1.165) is 13.1 Å². The zero-order valence-electron chi connectivity index (χ0n) is 24.7. The van der Waals surface area contributed by atoms with Gasteiger partial charge in [-0.25, -0.2) is 0 Å². The van der Waals surface area contributed by atoms with E-state index >= 15 is 0 Å². The third kappa shape index (κ3) is 4.92. The Balaban J connectivity index is 1.58. The Hall–Kier alpha value is -2.92. The average molecular weight is 602 g/mol. The van der Waals surface area contributed by atoms with Crippen LogP contribution in [-0.4, -0.2) is 86.5 Å². The lowest BCUT2D eigenvalue weighted by atomic mass is 9.58. The van der Waals surface area contributed by atoms with Crippen molar-refractivity contribution in [1.29, 1.82) is 0 Å². The van der Waals surface area contributed by atoms with Gasteiger partial charge in [-0.05, 0) is 74.2 Å². The van der Waals surface area contributed by atoms with Crippen LogP contribution in [0.3, 0.4) is 0 Å². The molecule has 0 aromatic heterocycles. The van der Waals surface area contributed by atoms with E-state index in [0.29, 0.717) is 28.6 Å². The van der Waals surface area contributed by atoms with Gasteiger partial charge in [-0.2, -0.15) is 0 Å². The van der Waals surface area contributed by atoms with Crippen LogP contribution in [0, 0.1) is 23.2 Å². The van der Waals surface area contributed by atoms with Crippen molar-refractivity contribution in [3.8, 4) is 5.75 Å². The summed E-state index contributed by atoms with van der Waals surface area (Å²) < 4.78 is 0. The molecule has 0 heterocycles. The first kappa shape index (κ1) is 30.5. The van der Waals surface area contributed by atoms with Gasteiger partial charge in [-0.15, -0.1) is 0 Å². The minimum atomic E-state index is -2.67. The summed E-state index contributed by atoms with van der Waals surface area (Å²) in [5, 5.41) is 45.6. The van der Waals surface area contributed by atoms with Crippen LogP contribution in [0.4, 0.5) is 0 Å². The summed E-state index contributed by atoms with van der Waals surface area (Å²) in [6.45, 7) is 8.73. The van der Waals surface area contributed by atoms with Gasteiger partial charge in [-0.1, -0.05) is 32.4 Å². The maximum atomic E-state index is 13.9. The van der Waals surface area contributed by atoms with E-state index in [9.17, 15) is 34.8 Å². The molecule has 0 unspecified atom stereocenters. The number of primary amides is 1. The maximum absolute atomic E-state index is 13.9. The van der Waals surface area contributed by atoms with Crippen LogP contribution in [0.25, 0.3) is 0 Å². The lowest BCUT2D eigenvalue weighted by molar-refractivity contribution is -0.148. The van der Waals surface area contributed by atoms with E-state index in [1.165, 1.54) is 23.8 Å². The maximum Gasteiger partial charge on any atom is 0.255 e. The van der Waals surface area contributed by atoms with Gasteiger partial charge in [0.25, 0.3) is 5.91 Å². The van der Waals surface area contributed by atoms with Crippen molar-refractivity contribution in [2.24, 2.45) is 28.9 Å². The quantitative estimate of drug-likeness (QED) is 0.295. The molecule has 1 fully saturated rings. The summed E-state index contributed by atoms with van der Waals surface area (Å²) in [6, 6.07) is 0.443. The first-order valence-corrected chi connectivity index (χ1v) is 14.8. The largest absolute Gasteiger partial charge is 0.510 e. The molecular formula is C31H40ClN3O7. The van der Waals surface area contributed by atoms with Gasteiger partial charge in [0, 0.05) is 36.1 Å². The molecule has 0 spiro atoms. The fourth-order valence-electron chi connectivity index (χ4n) is 7.23. The number of aliphatic hydroxyl groups is 3. The Labute approximate surface area is 250 Å². The number of amides is 1. The van der Waals surface area contributed by atoms with E-state index < -0.39 is 58.0 Å². The van der Waals surface area contributed by atoms with Crippen molar-refractivity contribution < 1.29 is 34.8 Å². The molecule has 1 amide bonds. The van der Waals surface area contributed by atoms with Crippen molar-refractivity contribution in [3.05, 3.63) is 50.4 Å². The van der Waals surface area contributed by atoms with Crippen LogP contribution in [0.2, 0.25) is 5.02 Å². The number of nitrogens with two attached hydrogens (primary N) is 1. The number of carbonyl (C=O) groups excluding carboxylic acids is 3. The predicted octanol–water partition coefficient (Wildman–Crippen LogP) is 3.03. The predicted molar refractivity (Wildman–Crippen MR) is 156 cm³/mol. The molecule has 5 rings (SSSR count). The minimum absolute atomic E-state index is 0.0188. The molecule has 228 valence electrons.